The molecule has 7 nitrogen and oxygen atoms in total. The summed E-state index contributed by atoms with van der Waals surface area (Å²) in [6.07, 6.45) is 4.42. The molecule has 1 fully saturated rings. The van der Waals surface area contributed by atoms with Crippen LogP contribution in [0.1, 0.15) is 24.5 Å². The number of hydrogen-bond donors (Lipinski definition) is 1. The molecule has 0 bridgehead atoms. The second-order valence-corrected chi connectivity index (χ2v) is 6.38. The monoisotopic (exact) mass is 335 g/mol. The molecule has 3 heterocycles. The predicted molar refractivity (Wildman–Crippen MR) is 88.4 cm³/mol. The molecule has 0 saturated carbocycles. The number of aromatic nitrogens is 3. The van der Waals surface area contributed by atoms with Gasteiger partial charge in [-0.1, -0.05) is 6.92 Å². The van der Waals surface area contributed by atoms with E-state index in [9.17, 15) is 4.79 Å². The topological polar surface area (TPSA) is 72.3 Å². The van der Waals surface area contributed by atoms with Crippen LogP contribution in [-0.4, -0.2) is 51.8 Å². The first-order valence-corrected chi connectivity index (χ1v) is 8.69. The highest BCUT2D eigenvalue weighted by Crippen LogP contribution is 2.23. The van der Waals surface area contributed by atoms with Crippen LogP contribution in [0.4, 0.5) is 5.82 Å². The Morgan fingerprint density at radius 2 is 2.43 bits per heavy atom. The Kier molecular flexibility index (Phi) is 5.37. The van der Waals surface area contributed by atoms with Crippen molar-refractivity contribution in [3.05, 3.63) is 28.8 Å². The summed E-state index contributed by atoms with van der Waals surface area (Å²) in [5, 5.41) is 10.1. The number of hydrogen-bond acceptors (Lipinski definition) is 6. The minimum Gasteiger partial charge on any atom is -0.368 e. The lowest BCUT2D eigenvalue weighted by atomic mass is 10.3. The van der Waals surface area contributed by atoms with E-state index in [1.54, 1.807) is 23.7 Å². The van der Waals surface area contributed by atoms with Crippen molar-refractivity contribution in [3.63, 3.8) is 0 Å². The van der Waals surface area contributed by atoms with Crippen molar-refractivity contribution in [1.29, 1.82) is 0 Å². The Morgan fingerprint density at radius 3 is 3.22 bits per heavy atom. The van der Waals surface area contributed by atoms with Gasteiger partial charge in [0.05, 0.1) is 19.3 Å². The van der Waals surface area contributed by atoms with Crippen molar-refractivity contribution in [2.24, 2.45) is 0 Å². The van der Waals surface area contributed by atoms with E-state index in [1.165, 1.54) is 0 Å². The van der Waals surface area contributed by atoms with Gasteiger partial charge in [-0.15, -0.1) is 11.3 Å². The van der Waals surface area contributed by atoms with E-state index in [4.69, 9.17) is 4.74 Å². The zero-order valence-corrected chi connectivity index (χ0v) is 14.0. The number of carbonyl (C=O) groups excluding carboxylic acids is 1. The first-order valence-electron chi connectivity index (χ1n) is 7.81. The molecule has 2 aromatic rings. The largest absolute Gasteiger partial charge is 0.368 e. The Balaban J connectivity index is 1.54. The molecule has 8 heteroatoms. The number of anilines is 1. The number of rotatable bonds is 6. The lowest BCUT2D eigenvalue weighted by Gasteiger charge is -2.31. The molecule has 1 saturated heterocycles. The molecule has 1 N–H and O–H groups in total. The van der Waals surface area contributed by atoms with Gasteiger partial charge in [0.2, 0.25) is 5.91 Å². The van der Waals surface area contributed by atoms with E-state index >= 15 is 0 Å². The molecule has 0 aromatic carbocycles. The van der Waals surface area contributed by atoms with Crippen molar-refractivity contribution < 1.29 is 9.53 Å². The zero-order valence-electron chi connectivity index (χ0n) is 13.1. The number of nitrogens with one attached hydrogen (secondary N) is 1. The number of aryl methyl sites for hydroxylation is 1. The van der Waals surface area contributed by atoms with Crippen molar-refractivity contribution in [2.75, 3.05) is 31.6 Å². The third-order valence-electron chi connectivity index (χ3n) is 3.66. The maximum absolute atomic E-state index is 12.3. The predicted octanol–water partition coefficient (Wildman–Crippen LogP) is 1.76. The van der Waals surface area contributed by atoms with Gasteiger partial charge in [-0.2, -0.15) is 5.10 Å². The van der Waals surface area contributed by atoms with Crippen LogP contribution in [0, 0.1) is 0 Å². The van der Waals surface area contributed by atoms with Crippen LogP contribution in [0.3, 0.4) is 0 Å². The SMILES string of the molecule is CCCn1nccc1NC(=O)CN1CCO[C@@H](c2nccs2)C1. The van der Waals surface area contributed by atoms with Gasteiger partial charge in [-0.25, -0.2) is 9.67 Å². The Hall–Kier alpha value is -1.77. The number of thiazole rings is 1. The summed E-state index contributed by atoms with van der Waals surface area (Å²) in [6, 6.07) is 1.82. The Bertz CT molecular complexity index is 628. The fourth-order valence-corrected chi connectivity index (χ4v) is 3.28. The van der Waals surface area contributed by atoms with E-state index in [-0.39, 0.29) is 12.0 Å². The molecule has 23 heavy (non-hydrogen) atoms. The van der Waals surface area contributed by atoms with Crippen LogP contribution in [0.2, 0.25) is 0 Å². The highest BCUT2D eigenvalue weighted by Gasteiger charge is 2.25. The lowest BCUT2D eigenvalue weighted by Crippen LogP contribution is -2.42. The highest BCUT2D eigenvalue weighted by molar-refractivity contribution is 7.09. The van der Waals surface area contributed by atoms with Crippen molar-refractivity contribution >= 4 is 23.1 Å². The normalized spacial score (nSPS) is 18.9. The number of morpholine rings is 1. The molecule has 1 aliphatic heterocycles. The van der Waals surface area contributed by atoms with Crippen LogP contribution in [0.25, 0.3) is 0 Å². The summed E-state index contributed by atoms with van der Waals surface area (Å²) < 4.78 is 7.57. The number of amides is 1. The Labute approximate surface area is 139 Å². The van der Waals surface area contributed by atoms with Crippen molar-refractivity contribution in [3.8, 4) is 0 Å². The second-order valence-electron chi connectivity index (χ2n) is 5.45. The van der Waals surface area contributed by atoms with Gasteiger partial charge < -0.3 is 10.1 Å². The molecule has 0 unspecified atom stereocenters. The zero-order chi connectivity index (χ0) is 16.1. The van der Waals surface area contributed by atoms with Crippen LogP contribution < -0.4 is 5.32 Å². The molecule has 0 spiro atoms. The molecule has 2 aromatic heterocycles. The van der Waals surface area contributed by atoms with Crippen LogP contribution >= 0.6 is 11.3 Å². The Morgan fingerprint density at radius 1 is 1.52 bits per heavy atom. The molecular weight excluding hydrogens is 314 g/mol. The quantitative estimate of drug-likeness (QED) is 0.871. The molecule has 1 amide bonds. The van der Waals surface area contributed by atoms with Crippen LogP contribution in [0.5, 0.6) is 0 Å². The van der Waals surface area contributed by atoms with Gasteiger partial charge in [0, 0.05) is 37.3 Å². The molecule has 0 aliphatic carbocycles. The van der Waals surface area contributed by atoms with E-state index in [1.807, 2.05) is 16.1 Å². The fourth-order valence-electron chi connectivity index (χ4n) is 2.60. The van der Waals surface area contributed by atoms with E-state index in [2.05, 4.69) is 27.2 Å². The fraction of sp³-hybridized carbons (Fsp3) is 0.533. The molecule has 124 valence electrons. The maximum atomic E-state index is 12.3. The minimum atomic E-state index is -0.0397. The van der Waals surface area contributed by atoms with Crippen LogP contribution in [0.15, 0.2) is 23.8 Å². The van der Waals surface area contributed by atoms with E-state index in [0.29, 0.717) is 19.7 Å². The third kappa shape index (κ3) is 4.15. The lowest BCUT2D eigenvalue weighted by molar-refractivity contribution is -0.119. The number of ether oxygens (including phenoxy) is 1. The summed E-state index contributed by atoms with van der Waals surface area (Å²) in [7, 11) is 0. The smallest absolute Gasteiger partial charge is 0.239 e. The molecule has 0 radical (unpaired) electrons. The summed E-state index contributed by atoms with van der Waals surface area (Å²) in [6.45, 7) is 5.29. The van der Waals surface area contributed by atoms with Gasteiger partial charge in [0.25, 0.3) is 0 Å². The third-order valence-corrected chi connectivity index (χ3v) is 4.53. The van der Waals surface area contributed by atoms with Crippen molar-refractivity contribution in [2.45, 2.75) is 26.0 Å². The maximum Gasteiger partial charge on any atom is 0.239 e. The number of nitrogens with zero attached hydrogens (tertiary/aromatic N) is 4. The minimum absolute atomic E-state index is 0.0253. The molecule has 3 rings (SSSR count). The van der Waals surface area contributed by atoms with Gasteiger partial charge in [-0.3, -0.25) is 9.69 Å². The number of carbonyl (C=O) groups is 1. The van der Waals surface area contributed by atoms with E-state index in [0.717, 1.165) is 30.3 Å². The van der Waals surface area contributed by atoms with Crippen molar-refractivity contribution in [1.82, 2.24) is 19.7 Å². The average molecular weight is 335 g/mol. The summed E-state index contributed by atoms with van der Waals surface area (Å²) in [5.74, 6) is 0.726. The average Bonchev–Trinajstić information content (AvgIpc) is 3.20. The molecular formula is C15H21N5O2S. The summed E-state index contributed by atoms with van der Waals surface area (Å²) >= 11 is 1.59. The second kappa shape index (κ2) is 7.67. The molecule has 1 atom stereocenters. The highest BCUT2D eigenvalue weighted by atomic mass is 32.1. The van der Waals surface area contributed by atoms with Crippen LogP contribution in [-0.2, 0) is 16.1 Å². The van der Waals surface area contributed by atoms with Gasteiger partial charge in [0.1, 0.15) is 16.9 Å². The first-order chi connectivity index (χ1) is 11.3. The summed E-state index contributed by atoms with van der Waals surface area (Å²) in [4.78, 5) is 18.7. The van der Waals surface area contributed by atoms with Gasteiger partial charge in [-0.05, 0) is 6.42 Å². The summed E-state index contributed by atoms with van der Waals surface area (Å²) in [5.41, 5.74) is 0. The van der Waals surface area contributed by atoms with Gasteiger partial charge in [0.15, 0.2) is 0 Å². The molecule has 1 aliphatic rings. The standard InChI is InChI=1S/C15H21N5O2S/c1-2-6-20-13(3-4-17-20)18-14(21)11-19-7-8-22-12(10-19)15-16-5-9-23-15/h3-5,9,12H,2,6-8,10-11H2,1H3,(H,18,21)/t12-/m1/s1. The van der Waals surface area contributed by atoms with E-state index < -0.39 is 0 Å². The van der Waals surface area contributed by atoms with Gasteiger partial charge >= 0.3 is 0 Å². The first kappa shape index (κ1) is 16.1.